The molecule has 0 radical (unpaired) electrons. The number of carbonyl (C=O) groups is 1. The van der Waals surface area contributed by atoms with E-state index in [9.17, 15) is 9.59 Å². The van der Waals surface area contributed by atoms with Crippen molar-refractivity contribution in [2.75, 3.05) is 13.2 Å². The summed E-state index contributed by atoms with van der Waals surface area (Å²) >= 11 is 5.92. The molecule has 0 unspecified atom stereocenters. The highest BCUT2D eigenvalue weighted by Crippen LogP contribution is 2.22. The molecule has 2 rings (SSSR count). The van der Waals surface area contributed by atoms with Gasteiger partial charge in [0, 0.05) is 0 Å². The number of nitrogens with one attached hydrogen (secondary N) is 3. The Bertz CT molecular complexity index is 637. The molecule has 1 amide bonds. The molecule has 1 heterocycles. The standard InChI is InChI=1S/C12H13ClN4O3/c13-8-3-1-2-4-9(8)20-6-5-14-11(18)7-10-15-12(19)17-16-10/h1-4H,5-7H2,(H,14,18)(H2,15,16,17,19). The zero-order valence-corrected chi connectivity index (χ0v) is 11.2. The van der Waals surface area contributed by atoms with Crippen molar-refractivity contribution in [3.63, 3.8) is 0 Å². The summed E-state index contributed by atoms with van der Waals surface area (Å²) in [5, 5.41) is 9.00. The van der Waals surface area contributed by atoms with Gasteiger partial charge >= 0.3 is 5.69 Å². The van der Waals surface area contributed by atoms with E-state index in [1.165, 1.54) is 0 Å². The Balaban J connectivity index is 1.69. The molecule has 7 nitrogen and oxygen atoms in total. The molecule has 0 aliphatic rings. The molecule has 0 bridgehead atoms. The monoisotopic (exact) mass is 296 g/mol. The van der Waals surface area contributed by atoms with Gasteiger partial charge in [-0.2, -0.15) is 5.10 Å². The highest BCUT2D eigenvalue weighted by Gasteiger charge is 2.06. The van der Waals surface area contributed by atoms with Crippen LogP contribution >= 0.6 is 11.6 Å². The second-order valence-electron chi connectivity index (χ2n) is 3.93. The number of carbonyl (C=O) groups excluding carboxylic acids is 1. The van der Waals surface area contributed by atoms with Crippen LogP contribution in [0.1, 0.15) is 5.82 Å². The first-order chi connectivity index (χ1) is 9.65. The van der Waals surface area contributed by atoms with Crippen LogP contribution in [0, 0.1) is 0 Å². The first-order valence-corrected chi connectivity index (χ1v) is 6.30. The number of nitrogens with zero attached hydrogens (tertiary/aromatic N) is 1. The van der Waals surface area contributed by atoms with Gasteiger partial charge in [-0.05, 0) is 12.1 Å². The number of halogens is 1. The molecule has 0 fully saturated rings. The Morgan fingerprint density at radius 2 is 2.20 bits per heavy atom. The molecule has 0 saturated heterocycles. The third-order valence-electron chi connectivity index (χ3n) is 2.40. The minimum absolute atomic E-state index is 0.00479. The lowest BCUT2D eigenvalue weighted by Crippen LogP contribution is -2.29. The van der Waals surface area contributed by atoms with Gasteiger partial charge < -0.3 is 10.1 Å². The minimum Gasteiger partial charge on any atom is -0.490 e. The van der Waals surface area contributed by atoms with Gasteiger partial charge in [0.1, 0.15) is 18.2 Å². The Labute approximate surface area is 119 Å². The zero-order valence-electron chi connectivity index (χ0n) is 10.5. The summed E-state index contributed by atoms with van der Waals surface area (Å²) in [7, 11) is 0. The van der Waals surface area contributed by atoms with Crippen molar-refractivity contribution in [1.82, 2.24) is 20.5 Å². The zero-order chi connectivity index (χ0) is 14.4. The van der Waals surface area contributed by atoms with Gasteiger partial charge in [-0.25, -0.2) is 9.89 Å². The second kappa shape index (κ2) is 6.76. The molecule has 8 heteroatoms. The van der Waals surface area contributed by atoms with Crippen LogP contribution in [0.4, 0.5) is 0 Å². The fourth-order valence-electron chi connectivity index (χ4n) is 1.52. The molecular formula is C12H13ClN4O3. The normalized spacial score (nSPS) is 10.2. The molecule has 3 N–H and O–H groups in total. The maximum atomic E-state index is 11.5. The number of hydrogen-bond acceptors (Lipinski definition) is 4. The van der Waals surface area contributed by atoms with E-state index >= 15 is 0 Å². The molecule has 1 aromatic carbocycles. The average molecular weight is 297 g/mol. The van der Waals surface area contributed by atoms with E-state index in [4.69, 9.17) is 16.3 Å². The molecule has 0 spiro atoms. The van der Waals surface area contributed by atoms with E-state index in [1.54, 1.807) is 12.1 Å². The summed E-state index contributed by atoms with van der Waals surface area (Å²) in [6.07, 6.45) is 0.00479. The van der Waals surface area contributed by atoms with Crippen LogP contribution < -0.4 is 15.7 Å². The summed E-state index contributed by atoms with van der Waals surface area (Å²) in [5.41, 5.74) is -0.435. The summed E-state index contributed by atoms with van der Waals surface area (Å²) in [5.74, 6) is 0.607. The quantitative estimate of drug-likeness (QED) is 0.675. The van der Waals surface area contributed by atoms with Crippen LogP contribution in [0.2, 0.25) is 5.02 Å². The number of benzene rings is 1. The summed E-state index contributed by atoms with van der Waals surface area (Å²) in [4.78, 5) is 24.7. The van der Waals surface area contributed by atoms with E-state index in [1.807, 2.05) is 12.1 Å². The number of hydrogen-bond donors (Lipinski definition) is 3. The van der Waals surface area contributed by atoms with E-state index < -0.39 is 5.69 Å². The maximum Gasteiger partial charge on any atom is 0.340 e. The number of aromatic nitrogens is 3. The molecule has 0 saturated carbocycles. The van der Waals surface area contributed by atoms with Crippen LogP contribution in [0.5, 0.6) is 5.75 Å². The molecule has 0 aliphatic heterocycles. The van der Waals surface area contributed by atoms with E-state index in [2.05, 4.69) is 20.5 Å². The van der Waals surface area contributed by atoms with Crippen molar-refractivity contribution in [3.8, 4) is 5.75 Å². The van der Waals surface area contributed by atoms with Gasteiger partial charge in [0.25, 0.3) is 0 Å². The molecule has 20 heavy (non-hydrogen) atoms. The van der Waals surface area contributed by atoms with Crippen LogP contribution in [0.3, 0.4) is 0 Å². The SMILES string of the molecule is O=C(Cc1n[nH]c(=O)[nH]1)NCCOc1ccccc1Cl. The van der Waals surface area contributed by atoms with Crippen molar-refractivity contribution in [1.29, 1.82) is 0 Å². The number of rotatable bonds is 6. The van der Waals surface area contributed by atoms with Crippen molar-refractivity contribution in [3.05, 3.63) is 45.6 Å². The van der Waals surface area contributed by atoms with Gasteiger partial charge in [-0.1, -0.05) is 23.7 Å². The van der Waals surface area contributed by atoms with E-state index in [0.717, 1.165) is 0 Å². The lowest BCUT2D eigenvalue weighted by molar-refractivity contribution is -0.120. The number of ether oxygens (including phenoxy) is 1. The van der Waals surface area contributed by atoms with Crippen molar-refractivity contribution in [2.24, 2.45) is 0 Å². The maximum absolute atomic E-state index is 11.5. The number of H-pyrrole nitrogens is 2. The molecule has 1 aromatic heterocycles. The summed E-state index contributed by atoms with van der Waals surface area (Å²) < 4.78 is 5.42. The Kier molecular flexibility index (Phi) is 4.78. The van der Waals surface area contributed by atoms with Crippen LogP contribution in [0.15, 0.2) is 29.1 Å². The molecular weight excluding hydrogens is 284 g/mol. The largest absolute Gasteiger partial charge is 0.490 e. The number of amides is 1. The summed E-state index contributed by atoms with van der Waals surface area (Å²) in [6, 6.07) is 7.09. The minimum atomic E-state index is -0.435. The van der Waals surface area contributed by atoms with E-state index in [0.29, 0.717) is 29.7 Å². The molecule has 0 aliphatic carbocycles. The lowest BCUT2D eigenvalue weighted by atomic mass is 10.3. The van der Waals surface area contributed by atoms with Gasteiger partial charge in [-0.3, -0.25) is 9.78 Å². The smallest absolute Gasteiger partial charge is 0.340 e. The first-order valence-electron chi connectivity index (χ1n) is 5.93. The fraction of sp³-hybridized carbons (Fsp3) is 0.250. The Morgan fingerprint density at radius 3 is 2.90 bits per heavy atom. The van der Waals surface area contributed by atoms with Crippen LogP contribution in [0.25, 0.3) is 0 Å². The predicted molar refractivity (Wildman–Crippen MR) is 72.9 cm³/mol. The van der Waals surface area contributed by atoms with Gasteiger partial charge in [0.2, 0.25) is 5.91 Å². The van der Waals surface area contributed by atoms with Crippen molar-refractivity contribution < 1.29 is 9.53 Å². The second-order valence-corrected chi connectivity index (χ2v) is 4.34. The topological polar surface area (TPSA) is 99.9 Å². The van der Waals surface area contributed by atoms with E-state index in [-0.39, 0.29) is 12.3 Å². The molecule has 0 atom stereocenters. The fourth-order valence-corrected chi connectivity index (χ4v) is 1.71. The van der Waals surface area contributed by atoms with Gasteiger partial charge in [0.15, 0.2) is 0 Å². The van der Waals surface area contributed by atoms with Crippen LogP contribution in [-0.4, -0.2) is 34.2 Å². The average Bonchev–Trinajstić information content (AvgIpc) is 2.82. The highest BCUT2D eigenvalue weighted by molar-refractivity contribution is 6.32. The van der Waals surface area contributed by atoms with Gasteiger partial charge in [-0.15, -0.1) is 0 Å². The number of para-hydroxylation sites is 1. The van der Waals surface area contributed by atoms with Crippen LogP contribution in [-0.2, 0) is 11.2 Å². The molecule has 106 valence electrons. The third-order valence-corrected chi connectivity index (χ3v) is 2.71. The Hall–Kier alpha value is -2.28. The Morgan fingerprint density at radius 1 is 1.40 bits per heavy atom. The van der Waals surface area contributed by atoms with Crippen molar-refractivity contribution >= 4 is 17.5 Å². The third kappa shape index (κ3) is 4.13. The lowest BCUT2D eigenvalue weighted by Gasteiger charge is -2.08. The van der Waals surface area contributed by atoms with Crippen molar-refractivity contribution in [2.45, 2.75) is 6.42 Å². The number of aromatic amines is 2. The highest BCUT2D eigenvalue weighted by atomic mass is 35.5. The molecule has 2 aromatic rings. The predicted octanol–water partition coefficient (Wildman–Crippen LogP) is 0.489. The summed E-state index contributed by atoms with van der Waals surface area (Å²) in [6.45, 7) is 0.630. The first kappa shape index (κ1) is 14.1. The van der Waals surface area contributed by atoms with Gasteiger partial charge in [0.05, 0.1) is 18.0 Å².